The van der Waals surface area contributed by atoms with Gasteiger partial charge in [-0.15, -0.1) is 0 Å². The summed E-state index contributed by atoms with van der Waals surface area (Å²) in [7, 11) is 1.45. The van der Waals surface area contributed by atoms with Gasteiger partial charge in [0.2, 0.25) is 0 Å². The maximum absolute atomic E-state index is 11.9. The Kier molecular flexibility index (Phi) is 5.45. The molecule has 2 N–H and O–H groups in total. The Labute approximate surface area is 116 Å². The van der Waals surface area contributed by atoms with E-state index in [4.69, 9.17) is 10.5 Å². The Bertz CT molecular complexity index is 292. The molecule has 19 heavy (non-hydrogen) atoms. The van der Waals surface area contributed by atoms with Gasteiger partial charge in [-0.2, -0.15) is 0 Å². The lowest BCUT2D eigenvalue weighted by Gasteiger charge is -2.39. The molecule has 2 fully saturated rings. The summed E-state index contributed by atoms with van der Waals surface area (Å²) in [6.07, 6.45) is 7.06. The number of methoxy groups -OCH3 is 1. The van der Waals surface area contributed by atoms with E-state index in [1.54, 1.807) is 0 Å². The quantitative estimate of drug-likeness (QED) is 0.838. The molecule has 1 saturated carbocycles. The Morgan fingerprint density at radius 2 is 2.05 bits per heavy atom. The van der Waals surface area contributed by atoms with E-state index in [-0.39, 0.29) is 6.09 Å². The van der Waals surface area contributed by atoms with Crippen LogP contribution in [0.2, 0.25) is 0 Å². The summed E-state index contributed by atoms with van der Waals surface area (Å²) in [6, 6.07) is 0.946. The van der Waals surface area contributed by atoms with E-state index in [0.717, 1.165) is 12.8 Å². The maximum atomic E-state index is 11.9. The standard InChI is InChI=1S/C14H27N3O2/c1-19-14(18)17(10-7-15)13-6-4-5-12(11-13)16-8-2-3-9-16/h12-13H,2-11,15H2,1H3. The number of carbonyl (C=O) groups excluding carboxylic acids is 1. The van der Waals surface area contributed by atoms with Crippen molar-refractivity contribution in [3.8, 4) is 0 Å². The number of amides is 1. The predicted octanol–water partition coefficient (Wildman–Crippen LogP) is 1.42. The van der Waals surface area contributed by atoms with E-state index < -0.39 is 0 Å². The molecular formula is C14H27N3O2. The van der Waals surface area contributed by atoms with E-state index >= 15 is 0 Å². The third-order valence-corrected chi connectivity index (χ3v) is 4.50. The Morgan fingerprint density at radius 1 is 1.32 bits per heavy atom. The Morgan fingerprint density at radius 3 is 2.68 bits per heavy atom. The molecule has 2 unspecified atom stereocenters. The summed E-state index contributed by atoms with van der Waals surface area (Å²) in [5.74, 6) is 0. The molecule has 2 atom stereocenters. The number of hydrogen-bond acceptors (Lipinski definition) is 4. The number of nitrogens with zero attached hydrogens (tertiary/aromatic N) is 2. The molecule has 0 bridgehead atoms. The maximum Gasteiger partial charge on any atom is 0.409 e. The average Bonchev–Trinajstić information content (AvgIpc) is 2.98. The molecule has 2 rings (SSSR count). The van der Waals surface area contributed by atoms with Crippen LogP contribution in [0.25, 0.3) is 0 Å². The molecule has 0 aromatic heterocycles. The van der Waals surface area contributed by atoms with Crippen molar-refractivity contribution in [2.45, 2.75) is 50.6 Å². The largest absolute Gasteiger partial charge is 0.453 e. The van der Waals surface area contributed by atoms with Crippen LogP contribution in [-0.4, -0.2) is 61.3 Å². The highest BCUT2D eigenvalue weighted by molar-refractivity contribution is 5.67. The monoisotopic (exact) mass is 269 g/mol. The lowest BCUT2D eigenvalue weighted by molar-refractivity contribution is 0.0744. The molecule has 1 heterocycles. The fraction of sp³-hybridized carbons (Fsp3) is 0.929. The van der Waals surface area contributed by atoms with Crippen LogP contribution in [0, 0.1) is 0 Å². The molecule has 5 nitrogen and oxygen atoms in total. The van der Waals surface area contributed by atoms with Gasteiger partial charge >= 0.3 is 6.09 Å². The van der Waals surface area contributed by atoms with Crippen molar-refractivity contribution in [2.75, 3.05) is 33.3 Å². The number of rotatable bonds is 4. The van der Waals surface area contributed by atoms with Crippen LogP contribution in [0.15, 0.2) is 0 Å². The second-order valence-corrected chi connectivity index (χ2v) is 5.67. The van der Waals surface area contributed by atoms with Crippen LogP contribution >= 0.6 is 0 Å². The summed E-state index contributed by atoms with van der Waals surface area (Å²) in [4.78, 5) is 16.3. The van der Waals surface area contributed by atoms with Crippen molar-refractivity contribution >= 4 is 6.09 Å². The van der Waals surface area contributed by atoms with Gasteiger partial charge in [0.05, 0.1) is 7.11 Å². The molecule has 0 spiro atoms. The Hall–Kier alpha value is -0.810. The van der Waals surface area contributed by atoms with Crippen molar-refractivity contribution in [3.05, 3.63) is 0 Å². The van der Waals surface area contributed by atoms with Gasteiger partial charge in [0.15, 0.2) is 0 Å². The summed E-state index contributed by atoms with van der Waals surface area (Å²) in [5.41, 5.74) is 5.63. The van der Waals surface area contributed by atoms with E-state index in [1.807, 2.05) is 4.90 Å². The molecule has 110 valence electrons. The summed E-state index contributed by atoms with van der Waals surface area (Å²) >= 11 is 0. The minimum Gasteiger partial charge on any atom is -0.453 e. The van der Waals surface area contributed by atoms with Gasteiger partial charge in [0.1, 0.15) is 0 Å². The van der Waals surface area contributed by atoms with Gasteiger partial charge in [-0.05, 0) is 51.6 Å². The number of ether oxygens (including phenoxy) is 1. The molecule has 1 aliphatic heterocycles. The topological polar surface area (TPSA) is 58.8 Å². The summed E-state index contributed by atoms with van der Waals surface area (Å²) in [6.45, 7) is 3.56. The molecule has 5 heteroatoms. The van der Waals surface area contributed by atoms with Gasteiger partial charge in [-0.3, -0.25) is 0 Å². The molecule has 1 aliphatic carbocycles. The molecule has 1 saturated heterocycles. The van der Waals surface area contributed by atoms with Gasteiger partial charge in [0, 0.05) is 25.2 Å². The van der Waals surface area contributed by atoms with Gasteiger partial charge < -0.3 is 20.3 Å². The fourth-order valence-electron chi connectivity index (χ4n) is 3.54. The average molecular weight is 269 g/mol. The predicted molar refractivity (Wildman–Crippen MR) is 75.0 cm³/mol. The molecule has 0 aromatic rings. The van der Waals surface area contributed by atoms with Crippen molar-refractivity contribution in [2.24, 2.45) is 5.73 Å². The zero-order valence-corrected chi connectivity index (χ0v) is 12.0. The SMILES string of the molecule is COC(=O)N(CCN)C1CCCC(N2CCCC2)C1. The number of nitrogens with two attached hydrogens (primary N) is 1. The normalized spacial score (nSPS) is 28.3. The lowest BCUT2D eigenvalue weighted by Crippen LogP contribution is -2.49. The van der Waals surface area contributed by atoms with E-state index in [0.29, 0.717) is 25.2 Å². The molecule has 1 amide bonds. The van der Waals surface area contributed by atoms with Crippen molar-refractivity contribution < 1.29 is 9.53 Å². The van der Waals surface area contributed by atoms with E-state index in [2.05, 4.69) is 4.90 Å². The Balaban J connectivity index is 1.95. The van der Waals surface area contributed by atoms with Crippen LogP contribution in [0.5, 0.6) is 0 Å². The zero-order chi connectivity index (χ0) is 13.7. The highest BCUT2D eigenvalue weighted by Crippen LogP contribution is 2.29. The van der Waals surface area contributed by atoms with Crippen molar-refractivity contribution in [1.29, 1.82) is 0 Å². The molecule has 2 aliphatic rings. The summed E-state index contributed by atoms with van der Waals surface area (Å²) in [5, 5.41) is 0. The molecule has 0 aromatic carbocycles. The smallest absolute Gasteiger partial charge is 0.409 e. The number of hydrogen-bond donors (Lipinski definition) is 1. The highest BCUT2D eigenvalue weighted by Gasteiger charge is 2.33. The van der Waals surface area contributed by atoms with Gasteiger partial charge in [-0.1, -0.05) is 0 Å². The third kappa shape index (κ3) is 3.60. The van der Waals surface area contributed by atoms with Crippen LogP contribution in [0.3, 0.4) is 0 Å². The van der Waals surface area contributed by atoms with E-state index in [9.17, 15) is 4.79 Å². The first-order valence-electron chi connectivity index (χ1n) is 7.55. The minimum atomic E-state index is -0.225. The lowest BCUT2D eigenvalue weighted by atomic mass is 9.89. The highest BCUT2D eigenvalue weighted by atomic mass is 16.5. The van der Waals surface area contributed by atoms with Gasteiger partial charge in [0.25, 0.3) is 0 Å². The van der Waals surface area contributed by atoms with Crippen molar-refractivity contribution in [3.63, 3.8) is 0 Å². The first-order chi connectivity index (χ1) is 9.26. The van der Waals surface area contributed by atoms with Crippen LogP contribution in [0.4, 0.5) is 4.79 Å². The van der Waals surface area contributed by atoms with Gasteiger partial charge in [-0.25, -0.2) is 4.79 Å². The number of likely N-dealkylation sites (tertiary alicyclic amines) is 1. The minimum absolute atomic E-state index is 0.225. The van der Waals surface area contributed by atoms with E-state index in [1.165, 1.54) is 45.9 Å². The third-order valence-electron chi connectivity index (χ3n) is 4.50. The first kappa shape index (κ1) is 14.6. The second kappa shape index (κ2) is 7.10. The molecule has 0 radical (unpaired) electrons. The fourth-order valence-corrected chi connectivity index (χ4v) is 3.54. The van der Waals surface area contributed by atoms with Crippen molar-refractivity contribution in [1.82, 2.24) is 9.80 Å². The zero-order valence-electron chi connectivity index (χ0n) is 12.0. The second-order valence-electron chi connectivity index (χ2n) is 5.67. The van der Waals surface area contributed by atoms with Crippen LogP contribution in [-0.2, 0) is 4.74 Å². The first-order valence-corrected chi connectivity index (χ1v) is 7.55. The number of carbonyl (C=O) groups is 1. The van der Waals surface area contributed by atoms with Crippen LogP contribution in [0.1, 0.15) is 38.5 Å². The molecular weight excluding hydrogens is 242 g/mol. The van der Waals surface area contributed by atoms with Crippen LogP contribution < -0.4 is 5.73 Å². The summed E-state index contributed by atoms with van der Waals surface area (Å²) < 4.78 is 4.90.